The van der Waals surface area contributed by atoms with E-state index in [2.05, 4.69) is 0 Å². The van der Waals surface area contributed by atoms with Gasteiger partial charge in [0, 0.05) is 38.2 Å². The first-order valence-electron chi connectivity index (χ1n) is 8.76. The first-order chi connectivity index (χ1) is 11.6. The van der Waals surface area contributed by atoms with Crippen LogP contribution in [0.4, 0.5) is 0 Å². The van der Waals surface area contributed by atoms with Gasteiger partial charge in [0.2, 0.25) is 11.8 Å². The van der Waals surface area contributed by atoms with E-state index in [9.17, 15) is 9.59 Å². The Labute approximate surface area is 143 Å². The second kappa shape index (κ2) is 7.24. The summed E-state index contributed by atoms with van der Waals surface area (Å²) in [7, 11) is 3.44. The van der Waals surface area contributed by atoms with Crippen molar-refractivity contribution < 1.29 is 14.3 Å². The van der Waals surface area contributed by atoms with E-state index in [-0.39, 0.29) is 17.7 Å². The number of ether oxygens (including phenoxy) is 1. The highest BCUT2D eigenvalue weighted by Crippen LogP contribution is 2.30. The molecule has 1 heterocycles. The van der Waals surface area contributed by atoms with Gasteiger partial charge in [-0.25, -0.2) is 0 Å². The van der Waals surface area contributed by atoms with Crippen molar-refractivity contribution in [3.63, 3.8) is 0 Å². The Bertz CT molecular complexity index is 610. The van der Waals surface area contributed by atoms with E-state index in [1.165, 1.54) is 12.8 Å². The van der Waals surface area contributed by atoms with Crippen molar-refractivity contribution in [1.29, 1.82) is 0 Å². The Morgan fingerprint density at radius 1 is 1.29 bits per heavy atom. The molecule has 1 aromatic rings. The minimum atomic E-state index is -0.210. The van der Waals surface area contributed by atoms with Gasteiger partial charge in [-0.1, -0.05) is 31.0 Å². The Morgan fingerprint density at radius 3 is 2.71 bits per heavy atom. The Morgan fingerprint density at radius 2 is 2.00 bits per heavy atom. The van der Waals surface area contributed by atoms with Crippen LogP contribution in [0, 0.1) is 5.92 Å². The first kappa shape index (κ1) is 16.8. The summed E-state index contributed by atoms with van der Waals surface area (Å²) < 4.78 is 5.35. The predicted octanol–water partition coefficient (Wildman–Crippen LogP) is 2.44. The second-order valence-corrected chi connectivity index (χ2v) is 6.89. The van der Waals surface area contributed by atoms with Gasteiger partial charge < -0.3 is 14.5 Å². The summed E-state index contributed by atoms with van der Waals surface area (Å²) in [5.74, 6) is 0.769. The van der Waals surface area contributed by atoms with Gasteiger partial charge >= 0.3 is 0 Å². The fraction of sp³-hybridized carbons (Fsp3) is 0.579. The van der Waals surface area contributed by atoms with E-state index in [0.29, 0.717) is 25.6 Å². The molecule has 0 aromatic heterocycles. The molecule has 3 rings (SSSR count). The molecule has 2 amide bonds. The summed E-state index contributed by atoms with van der Waals surface area (Å²) >= 11 is 0. The fourth-order valence-corrected chi connectivity index (χ4v) is 3.94. The molecule has 2 fully saturated rings. The summed E-state index contributed by atoms with van der Waals surface area (Å²) in [6, 6.07) is 8.08. The molecule has 130 valence electrons. The predicted molar refractivity (Wildman–Crippen MR) is 91.5 cm³/mol. The molecule has 1 aliphatic heterocycles. The molecule has 1 saturated heterocycles. The van der Waals surface area contributed by atoms with E-state index in [1.54, 1.807) is 19.1 Å². The lowest BCUT2D eigenvalue weighted by atomic mass is 10.1. The third kappa shape index (κ3) is 3.40. The molecule has 2 aliphatic rings. The number of nitrogens with zero attached hydrogens (tertiary/aromatic N) is 2. The maximum absolute atomic E-state index is 12.8. The fourth-order valence-electron chi connectivity index (χ4n) is 3.94. The van der Waals surface area contributed by atoms with Gasteiger partial charge in [-0.2, -0.15) is 0 Å². The van der Waals surface area contributed by atoms with Crippen molar-refractivity contribution in [2.75, 3.05) is 20.7 Å². The van der Waals surface area contributed by atoms with Crippen LogP contribution in [-0.4, -0.2) is 48.4 Å². The van der Waals surface area contributed by atoms with E-state index in [4.69, 9.17) is 4.74 Å². The van der Waals surface area contributed by atoms with E-state index in [0.717, 1.165) is 24.2 Å². The average molecular weight is 330 g/mol. The quantitative estimate of drug-likeness (QED) is 0.833. The molecule has 5 heteroatoms. The second-order valence-electron chi connectivity index (χ2n) is 6.89. The molecule has 24 heavy (non-hydrogen) atoms. The zero-order valence-electron chi connectivity index (χ0n) is 14.5. The maximum Gasteiger partial charge on any atom is 0.228 e. The molecule has 1 saturated carbocycles. The normalized spacial score (nSPS) is 21.3. The third-order valence-corrected chi connectivity index (χ3v) is 5.25. The van der Waals surface area contributed by atoms with E-state index in [1.807, 2.05) is 29.2 Å². The lowest BCUT2D eigenvalue weighted by Gasteiger charge is -2.25. The van der Waals surface area contributed by atoms with E-state index < -0.39 is 0 Å². The van der Waals surface area contributed by atoms with Crippen molar-refractivity contribution in [2.45, 2.75) is 44.7 Å². The van der Waals surface area contributed by atoms with Crippen LogP contribution in [0.3, 0.4) is 0 Å². The minimum absolute atomic E-state index is 0.0507. The molecule has 0 spiro atoms. The molecule has 1 aromatic carbocycles. The number of carbonyl (C=O) groups is 2. The Hall–Kier alpha value is -2.04. The van der Waals surface area contributed by atoms with Gasteiger partial charge in [0.1, 0.15) is 5.75 Å². The van der Waals surface area contributed by atoms with Crippen LogP contribution in [0.1, 0.15) is 37.7 Å². The van der Waals surface area contributed by atoms with Crippen LogP contribution in [0.25, 0.3) is 0 Å². The summed E-state index contributed by atoms with van der Waals surface area (Å²) in [5, 5.41) is 0. The molecular weight excluding hydrogens is 304 g/mol. The first-order valence-corrected chi connectivity index (χ1v) is 8.76. The van der Waals surface area contributed by atoms with Gasteiger partial charge in [0.15, 0.2) is 0 Å². The summed E-state index contributed by atoms with van der Waals surface area (Å²) in [6.07, 6.45) is 4.92. The van der Waals surface area contributed by atoms with Gasteiger partial charge in [0.05, 0.1) is 13.0 Å². The van der Waals surface area contributed by atoms with Crippen molar-refractivity contribution in [1.82, 2.24) is 9.80 Å². The van der Waals surface area contributed by atoms with Gasteiger partial charge in [-0.3, -0.25) is 9.59 Å². The molecule has 0 N–H and O–H groups in total. The van der Waals surface area contributed by atoms with Crippen molar-refractivity contribution in [2.24, 2.45) is 5.92 Å². The number of amides is 2. The van der Waals surface area contributed by atoms with Crippen LogP contribution in [0.5, 0.6) is 5.75 Å². The summed E-state index contributed by atoms with van der Waals surface area (Å²) in [4.78, 5) is 28.7. The number of benzene rings is 1. The topological polar surface area (TPSA) is 49.9 Å². The third-order valence-electron chi connectivity index (χ3n) is 5.25. The van der Waals surface area contributed by atoms with Crippen LogP contribution in [0.2, 0.25) is 0 Å². The SMILES string of the molecule is COc1ccccc1CN(C)C(=O)C1CC(=O)N(C2CCCC2)C1. The van der Waals surface area contributed by atoms with Crippen molar-refractivity contribution in [3.05, 3.63) is 29.8 Å². The highest BCUT2D eigenvalue weighted by molar-refractivity contribution is 5.89. The smallest absolute Gasteiger partial charge is 0.228 e. The Kier molecular flexibility index (Phi) is 5.07. The molecule has 0 radical (unpaired) electrons. The number of rotatable bonds is 5. The highest BCUT2D eigenvalue weighted by Gasteiger charge is 2.39. The summed E-state index contributed by atoms with van der Waals surface area (Å²) in [5.41, 5.74) is 0.979. The molecule has 5 nitrogen and oxygen atoms in total. The van der Waals surface area contributed by atoms with Gasteiger partial charge in [-0.05, 0) is 18.9 Å². The van der Waals surface area contributed by atoms with Crippen LogP contribution >= 0.6 is 0 Å². The molecule has 1 atom stereocenters. The van der Waals surface area contributed by atoms with Gasteiger partial charge in [0.25, 0.3) is 0 Å². The molecule has 1 unspecified atom stereocenters. The standard InChI is InChI=1S/C19H26N2O3/c1-20(12-14-7-3-6-10-17(14)24-2)19(23)15-11-18(22)21(13-15)16-8-4-5-9-16/h3,6-7,10,15-16H,4-5,8-9,11-13H2,1-2H3. The lowest BCUT2D eigenvalue weighted by molar-refractivity contribution is -0.135. The molecular formula is C19H26N2O3. The number of para-hydroxylation sites is 1. The van der Waals surface area contributed by atoms with Crippen LogP contribution < -0.4 is 4.74 Å². The maximum atomic E-state index is 12.8. The lowest BCUT2D eigenvalue weighted by Crippen LogP contribution is -2.37. The largest absolute Gasteiger partial charge is 0.496 e. The van der Waals surface area contributed by atoms with Crippen LogP contribution in [-0.2, 0) is 16.1 Å². The highest BCUT2D eigenvalue weighted by atomic mass is 16.5. The minimum Gasteiger partial charge on any atom is -0.496 e. The van der Waals surface area contributed by atoms with E-state index >= 15 is 0 Å². The molecule has 1 aliphatic carbocycles. The van der Waals surface area contributed by atoms with Gasteiger partial charge in [-0.15, -0.1) is 0 Å². The van der Waals surface area contributed by atoms with Crippen LogP contribution in [0.15, 0.2) is 24.3 Å². The zero-order valence-corrected chi connectivity index (χ0v) is 14.5. The number of likely N-dealkylation sites (tertiary alicyclic amines) is 1. The molecule has 0 bridgehead atoms. The number of methoxy groups -OCH3 is 1. The Balaban J connectivity index is 1.62. The van der Waals surface area contributed by atoms with Crippen molar-refractivity contribution in [3.8, 4) is 5.75 Å². The number of carbonyl (C=O) groups excluding carboxylic acids is 2. The number of hydrogen-bond acceptors (Lipinski definition) is 3. The zero-order chi connectivity index (χ0) is 17.1. The van der Waals surface area contributed by atoms with Crippen molar-refractivity contribution >= 4 is 11.8 Å². The monoisotopic (exact) mass is 330 g/mol. The summed E-state index contributed by atoms with van der Waals surface area (Å²) in [6.45, 7) is 1.08. The average Bonchev–Trinajstić information content (AvgIpc) is 3.23. The number of hydrogen-bond donors (Lipinski definition) is 0.